The molecule has 0 aliphatic heterocycles. The number of hydrogen-bond donors (Lipinski definition) is 2. The lowest BCUT2D eigenvalue weighted by atomic mass is 10.0. The molecule has 0 aliphatic rings. The summed E-state index contributed by atoms with van der Waals surface area (Å²) in [6.07, 6.45) is 3.57. The Kier molecular flexibility index (Phi) is 9.37. The molecule has 0 saturated heterocycles. The van der Waals surface area contributed by atoms with E-state index < -0.39 is 0 Å². The van der Waals surface area contributed by atoms with Crippen LogP contribution in [-0.2, 0) is 11.2 Å². The van der Waals surface area contributed by atoms with E-state index in [2.05, 4.69) is 12.2 Å². The van der Waals surface area contributed by atoms with Gasteiger partial charge in [-0.3, -0.25) is 9.59 Å². The Morgan fingerprint density at radius 2 is 1.78 bits per heavy atom. The molecule has 0 bridgehead atoms. The normalized spacial score (nSPS) is 10.0. The largest absolute Gasteiger partial charge is 0.497 e. The Bertz CT molecular complexity index is 761. The molecule has 1 amide bonds. The van der Waals surface area contributed by atoms with Gasteiger partial charge in [0.25, 0.3) is 0 Å². The zero-order valence-corrected chi connectivity index (χ0v) is 16.6. The van der Waals surface area contributed by atoms with E-state index in [1.54, 1.807) is 25.3 Å². The van der Waals surface area contributed by atoms with Gasteiger partial charge in [0.05, 0.1) is 18.5 Å². The maximum Gasteiger partial charge on any atom is 0.224 e. The quantitative estimate of drug-likeness (QED) is 0.482. The number of nitrogen functional groups attached to an aromatic ring is 1. The van der Waals surface area contributed by atoms with Gasteiger partial charge >= 0.3 is 0 Å². The first-order valence-electron chi connectivity index (χ1n) is 8.89. The van der Waals surface area contributed by atoms with E-state index in [1.165, 1.54) is 5.56 Å². The lowest BCUT2D eigenvalue weighted by Gasteiger charge is -2.10. The van der Waals surface area contributed by atoms with Gasteiger partial charge in [0.15, 0.2) is 5.78 Å². The van der Waals surface area contributed by atoms with Crippen LogP contribution in [0.15, 0.2) is 42.5 Å². The number of rotatable bonds is 9. The molecule has 3 N–H and O–H groups in total. The molecule has 0 fully saturated rings. The number of ketones is 1. The predicted molar refractivity (Wildman–Crippen MR) is 112 cm³/mol. The highest BCUT2D eigenvalue weighted by molar-refractivity contribution is 6.00. The number of carbonyl (C=O) groups is 2. The van der Waals surface area contributed by atoms with Gasteiger partial charge in [-0.2, -0.15) is 0 Å². The fraction of sp³-hybridized carbons (Fsp3) is 0.333. The minimum Gasteiger partial charge on any atom is -0.497 e. The lowest BCUT2D eigenvalue weighted by Crippen LogP contribution is -2.14. The number of benzene rings is 2. The fourth-order valence-electron chi connectivity index (χ4n) is 2.59. The second-order valence-electron chi connectivity index (χ2n) is 6.23. The SMILES string of the molecule is CCCCc1ccc(C(=O)CCC(=O)Nc2cc(OC)ccc2N)cc1.Cl. The zero-order chi connectivity index (χ0) is 18.9. The topological polar surface area (TPSA) is 81.4 Å². The molecule has 0 unspecified atom stereocenters. The molecule has 0 radical (unpaired) electrons. The van der Waals surface area contributed by atoms with Crippen molar-refractivity contribution in [2.24, 2.45) is 0 Å². The third-order valence-electron chi connectivity index (χ3n) is 4.21. The Morgan fingerprint density at radius 1 is 1.07 bits per heavy atom. The molecule has 0 saturated carbocycles. The molecule has 0 aliphatic carbocycles. The summed E-state index contributed by atoms with van der Waals surface area (Å²) in [5.41, 5.74) is 8.66. The van der Waals surface area contributed by atoms with Crippen molar-refractivity contribution in [3.63, 3.8) is 0 Å². The number of aryl methyl sites for hydroxylation is 1. The molecule has 0 aromatic heterocycles. The Hall–Kier alpha value is -2.53. The van der Waals surface area contributed by atoms with Gasteiger partial charge in [0.1, 0.15) is 5.75 Å². The number of halogens is 1. The molecule has 6 heteroatoms. The van der Waals surface area contributed by atoms with Crippen molar-refractivity contribution in [2.75, 3.05) is 18.2 Å². The van der Waals surface area contributed by atoms with Gasteiger partial charge in [-0.25, -0.2) is 0 Å². The minimum atomic E-state index is -0.252. The third kappa shape index (κ3) is 6.94. The maximum absolute atomic E-state index is 12.3. The van der Waals surface area contributed by atoms with Gasteiger partial charge in [0, 0.05) is 24.5 Å². The van der Waals surface area contributed by atoms with Gasteiger partial charge < -0.3 is 15.8 Å². The maximum atomic E-state index is 12.3. The van der Waals surface area contributed by atoms with Crippen molar-refractivity contribution in [1.82, 2.24) is 0 Å². The lowest BCUT2D eigenvalue weighted by molar-refractivity contribution is -0.116. The number of anilines is 2. The zero-order valence-electron chi connectivity index (χ0n) is 15.8. The van der Waals surface area contributed by atoms with Crippen LogP contribution in [0.25, 0.3) is 0 Å². The van der Waals surface area contributed by atoms with Crippen molar-refractivity contribution in [2.45, 2.75) is 39.0 Å². The van der Waals surface area contributed by atoms with Crippen LogP contribution in [0.2, 0.25) is 0 Å². The highest BCUT2D eigenvalue weighted by Gasteiger charge is 2.11. The van der Waals surface area contributed by atoms with Crippen molar-refractivity contribution in [3.05, 3.63) is 53.6 Å². The summed E-state index contributed by atoms with van der Waals surface area (Å²) >= 11 is 0. The van der Waals surface area contributed by atoms with Crippen molar-refractivity contribution in [3.8, 4) is 5.75 Å². The average Bonchev–Trinajstić information content (AvgIpc) is 2.66. The van der Waals surface area contributed by atoms with Gasteiger partial charge in [-0.05, 0) is 30.5 Å². The van der Waals surface area contributed by atoms with Gasteiger partial charge in [-0.15, -0.1) is 12.4 Å². The molecule has 0 heterocycles. The monoisotopic (exact) mass is 390 g/mol. The number of nitrogens with two attached hydrogens (primary N) is 1. The Balaban J connectivity index is 0.00000364. The number of nitrogens with one attached hydrogen (secondary N) is 1. The standard InChI is InChI=1S/C21H26N2O3.ClH/c1-3-4-5-15-6-8-16(9-7-15)20(24)12-13-21(25)23-19-14-17(26-2)10-11-18(19)22;/h6-11,14H,3-5,12-13,22H2,1-2H3,(H,23,25);1H. The first kappa shape index (κ1) is 22.5. The number of hydrogen-bond acceptors (Lipinski definition) is 4. The Morgan fingerprint density at radius 3 is 2.41 bits per heavy atom. The molecule has 0 spiro atoms. The molecule has 5 nitrogen and oxygen atoms in total. The van der Waals surface area contributed by atoms with E-state index in [0.717, 1.165) is 19.3 Å². The molecule has 2 aromatic carbocycles. The molecule has 27 heavy (non-hydrogen) atoms. The van der Waals surface area contributed by atoms with Crippen LogP contribution in [0, 0.1) is 0 Å². The highest BCUT2D eigenvalue weighted by Crippen LogP contribution is 2.24. The molecule has 146 valence electrons. The number of carbonyl (C=O) groups excluding carboxylic acids is 2. The van der Waals surface area contributed by atoms with E-state index in [9.17, 15) is 9.59 Å². The fourth-order valence-corrected chi connectivity index (χ4v) is 2.59. The van der Waals surface area contributed by atoms with Crippen molar-refractivity contribution >= 4 is 35.5 Å². The summed E-state index contributed by atoms with van der Waals surface area (Å²) in [4.78, 5) is 24.4. The number of ether oxygens (including phenoxy) is 1. The van der Waals surface area contributed by atoms with E-state index in [4.69, 9.17) is 10.5 Å². The molecular weight excluding hydrogens is 364 g/mol. The van der Waals surface area contributed by atoms with Crippen molar-refractivity contribution < 1.29 is 14.3 Å². The number of amides is 1. The minimum absolute atomic E-state index is 0. The van der Waals surface area contributed by atoms with Crippen LogP contribution in [0.4, 0.5) is 11.4 Å². The molecular formula is C21H27ClN2O3. The Labute approximate surface area is 166 Å². The van der Waals surface area contributed by atoms with E-state index in [1.807, 2.05) is 24.3 Å². The third-order valence-corrected chi connectivity index (χ3v) is 4.21. The smallest absolute Gasteiger partial charge is 0.224 e. The first-order chi connectivity index (χ1) is 12.5. The summed E-state index contributed by atoms with van der Waals surface area (Å²) in [6, 6.07) is 12.7. The van der Waals surface area contributed by atoms with Crippen LogP contribution < -0.4 is 15.8 Å². The summed E-state index contributed by atoms with van der Waals surface area (Å²) in [6.45, 7) is 2.15. The van der Waals surface area contributed by atoms with Gasteiger partial charge in [-0.1, -0.05) is 37.6 Å². The molecule has 2 aromatic rings. The van der Waals surface area contributed by atoms with Crippen LogP contribution in [0.1, 0.15) is 48.5 Å². The number of Topliss-reactive ketones (excluding diaryl/α,β-unsaturated/α-hetero) is 1. The number of methoxy groups -OCH3 is 1. The van der Waals surface area contributed by atoms with Crippen LogP contribution in [0.3, 0.4) is 0 Å². The highest BCUT2D eigenvalue weighted by atomic mass is 35.5. The van der Waals surface area contributed by atoms with Crippen LogP contribution >= 0.6 is 12.4 Å². The molecule has 0 atom stereocenters. The summed E-state index contributed by atoms with van der Waals surface area (Å²) in [5, 5.41) is 2.73. The number of unbranched alkanes of at least 4 members (excludes halogenated alkanes) is 1. The van der Waals surface area contributed by atoms with E-state index >= 15 is 0 Å². The second-order valence-corrected chi connectivity index (χ2v) is 6.23. The average molecular weight is 391 g/mol. The van der Waals surface area contributed by atoms with Crippen molar-refractivity contribution in [1.29, 1.82) is 0 Å². The summed E-state index contributed by atoms with van der Waals surface area (Å²) < 4.78 is 5.12. The molecule has 2 rings (SSSR count). The van der Waals surface area contributed by atoms with E-state index in [0.29, 0.717) is 22.7 Å². The summed E-state index contributed by atoms with van der Waals surface area (Å²) in [7, 11) is 1.54. The summed E-state index contributed by atoms with van der Waals surface area (Å²) in [5.74, 6) is 0.312. The van der Waals surface area contributed by atoms with E-state index in [-0.39, 0.29) is 36.9 Å². The van der Waals surface area contributed by atoms with Gasteiger partial charge in [0.2, 0.25) is 5.91 Å². The van der Waals surface area contributed by atoms with Crippen LogP contribution in [0.5, 0.6) is 5.75 Å². The predicted octanol–water partition coefficient (Wildman–Crippen LogP) is 4.64. The second kappa shape index (κ2) is 11.2. The van der Waals surface area contributed by atoms with Crippen LogP contribution in [-0.4, -0.2) is 18.8 Å². The first-order valence-corrected chi connectivity index (χ1v) is 8.89.